The topological polar surface area (TPSA) is 87.7 Å². The van der Waals surface area contributed by atoms with Gasteiger partial charge in [-0.15, -0.1) is 0 Å². The first-order valence-corrected chi connectivity index (χ1v) is 6.94. The Balaban J connectivity index is 1.58. The number of urea groups is 2. The van der Waals surface area contributed by atoms with Crippen molar-refractivity contribution in [2.24, 2.45) is 0 Å². The van der Waals surface area contributed by atoms with Crippen molar-refractivity contribution >= 4 is 12.1 Å². The molecule has 4 amide bonds. The first-order valence-electron chi connectivity index (χ1n) is 6.94. The van der Waals surface area contributed by atoms with Gasteiger partial charge in [0.2, 0.25) is 5.88 Å². The van der Waals surface area contributed by atoms with E-state index in [0.29, 0.717) is 37.9 Å². The molecule has 1 N–H and O–H groups in total. The highest BCUT2D eigenvalue weighted by Crippen LogP contribution is 2.18. The highest BCUT2D eigenvalue weighted by atomic mass is 16.5. The number of likely N-dealkylation sites (tertiary alicyclic amines) is 1. The predicted octanol–water partition coefficient (Wildman–Crippen LogP) is 0.383. The number of aromatic nitrogens is 2. The lowest BCUT2D eigenvalue weighted by Crippen LogP contribution is -2.44. The number of carbonyl (C=O) groups is 2. The van der Waals surface area contributed by atoms with Gasteiger partial charge in [0, 0.05) is 38.3 Å². The quantitative estimate of drug-likeness (QED) is 0.851. The lowest BCUT2D eigenvalue weighted by atomic mass is 10.3. The Labute approximate surface area is 122 Å². The minimum atomic E-state index is -0.323. The number of carbonyl (C=O) groups excluding carboxylic acids is 2. The average Bonchev–Trinajstić information content (AvgIpc) is 3.07. The van der Waals surface area contributed by atoms with E-state index in [9.17, 15) is 9.59 Å². The van der Waals surface area contributed by atoms with Gasteiger partial charge in [-0.05, 0) is 6.92 Å². The molecule has 0 radical (unpaired) electrons. The van der Waals surface area contributed by atoms with Crippen LogP contribution in [0, 0.1) is 6.92 Å². The molecule has 0 spiro atoms. The molecule has 112 valence electrons. The Morgan fingerprint density at radius 1 is 1.48 bits per heavy atom. The Morgan fingerprint density at radius 3 is 3.05 bits per heavy atom. The summed E-state index contributed by atoms with van der Waals surface area (Å²) in [7, 11) is 0. The van der Waals surface area contributed by atoms with E-state index in [-0.39, 0.29) is 18.2 Å². The smallest absolute Gasteiger partial charge is 0.328 e. The predicted molar refractivity (Wildman–Crippen MR) is 72.9 cm³/mol. The summed E-state index contributed by atoms with van der Waals surface area (Å²) in [6, 6.07) is 1.12. The van der Waals surface area contributed by atoms with Gasteiger partial charge in [-0.3, -0.25) is 0 Å². The van der Waals surface area contributed by atoms with Gasteiger partial charge >= 0.3 is 12.1 Å². The molecule has 2 fully saturated rings. The summed E-state index contributed by atoms with van der Waals surface area (Å²) in [6.07, 6.45) is 2.27. The summed E-state index contributed by atoms with van der Waals surface area (Å²) in [6.45, 7) is 3.77. The molecule has 3 rings (SSSR count). The van der Waals surface area contributed by atoms with Crippen LogP contribution in [-0.4, -0.2) is 64.1 Å². The van der Waals surface area contributed by atoms with Crippen LogP contribution in [-0.2, 0) is 0 Å². The normalized spacial score (nSPS) is 21.6. The van der Waals surface area contributed by atoms with Crippen LogP contribution in [0.3, 0.4) is 0 Å². The number of amides is 4. The maximum absolute atomic E-state index is 12.2. The second-order valence-corrected chi connectivity index (χ2v) is 5.08. The van der Waals surface area contributed by atoms with E-state index < -0.39 is 0 Å². The number of hydrogen-bond acceptors (Lipinski definition) is 5. The fourth-order valence-electron chi connectivity index (χ4n) is 2.49. The molecule has 0 saturated carbocycles. The molecule has 0 aromatic carbocycles. The Hall–Kier alpha value is -2.38. The lowest BCUT2D eigenvalue weighted by molar-refractivity contribution is 0.160. The van der Waals surface area contributed by atoms with Crippen LogP contribution in [0.15, 0.2) is 12.3 Å². The highest BCUT2D eigenvalue weighted by molar-refractivity contribution is 5.95. The molecule has 2 saturated heterocycles. The minimum Gasteiger partial charge on any atom is -0.472 e. The Morgan fingerprint density at radius 2 is 2.33 bits per heavy atom. The van der Waals surface area contributed by atoms with Crippen LogP contribution in [0.25, 0.3) is 0 Å². The van der Waals surface area contributed by atoms with Gasteiger partial charge in [0.25, 0.3) is 0 Å². The largest absolute Gasteiger partial charge is 0.472 e. The zero-order valence-corrected chi connectivity index (χ0v) is 11.8. The summed E-state index contributed by atoms with van der Waals surface area (Å²) in [4.78, 5) is 34.8. The molecule has 8 heteroatoms. The number of aryl methyl sites for hydroxylation is 1. The number of imide groups is 1. The summed E-state index contributed by atoms with van der Waals surface area (Å²) in [5.74, 6) is 1.16. The third-order valence-corrected chi connectivity index (χ3v) is 3.54. The summed E-state index contributed by atoms with van der Waals surface area (Å²) >= 11 is 0. The molecule has 0 aliphatic carbocycles. The Bertz CT molecular complexity index is 564. The van der Waals surface area contributed by atoms with Crippen molar-refractivity contribution < 1.29 is 14.3 Å². The average molecular weight is 291 g/mol. The van der Waals surface area contributed by atoms with Crippen molar-refractivity contribution in [2.45, 2.75) is 19.4 Å². The van der Waals surface area contributed by atoms with Crippen LogP contribution < -0.4 is 10.1 Å². The summed E-state index contributed by atoms with van der Waals surface area (Å²) in [5, 5.41) is 2.62. The second-order valence-electron chi connectivity index (χ2n) is 5.08. The van der Waals surface area contributed by atoms with Crippen molar-refractivity contribution in [1.82, 2.24) is 25.1 Å². The van der Waals surface area contributed by atoms with Crippen LogP contribution >= 0.6 is 0 Å². The van der Waals surface area contributed by atoms with E-state index in [4.69, 9.17) is 4.74 Å². The van der Waals surface area contributed by atoms with E-state index in [1.54, 1.807) is 24.1 Å². The molecule has 1 aromatic rings. The van der Waals surface area contributed by atoms with Crippen molar-refractivity contribution in [1.29, 1.82) is 0 Å². The monoisotopic (exact) mass is 291 g/mol. The molecule has 1 aromatic heterocycles. The fourth-order valence-corrected chi connectivity index (χ4v) is 2.49. The van der Waals surface area contributed by atoms with Crippen LogP contribution in [0.4, 0.5) is 9.59 Å². The molecular formula is C13H17N5O3. The number of nitrogens with zero attached hydrogens (tertiary/aromatic N) is 4. The first kappa shape index (κ1) is 13.6. The first-order chi connectivity index (χ1) is 10.1. The van der Waals surface area contributed by atoms with E-state index in [0.717, 1.165) is 6.42 Å². The zero-order chi connectivity index (χ0) is 14.8. The fraction of sp³-hybridized carbons (Fsp3) is 0.538. The standard InChI is InChI=1S/C13H17N5O3/c1-9-14-4-2-11(16-9)21-10-3-6-17(8-10)13(20)18-7-5-15-12(18)19/h2,4,10H,3,5-8H2,1H3,(H,15,19). The van der Waals surface area contributed by atoms with E-state index >= 15 is 0 Å². The summed E-state index contributed by atoms with van der Waals surface area (Å²) < 4.78 is 5.76. The van der Waals surface area contributed by atoms with Gasteiger partial charge < -0.3 is 15.0 Å². The molecule has 0 bridgehead atoms. The number of hydrogen-bond donors (Lipinski definition) is 1. The minimum absolute atomic E-state index is 0.103. The van der Waals surface area contributed by atoms with Gasteiger partial charge in [0.05, 0.1) is 6.54 Å². The van der Waals surface area contributed by atoms with Crippen LogP contribution in [0.2, 0.25) is 0 Å². The third kappa shape index (κ3) is 2.88. The Kier molecular flexibility index (Phi) is 3.59. The maximum atomic E-state index is 12.2. The number of nitrogens with one attached hydrogen (secondary N) is 1. The molecule has 1 atom stereocenters. The molecule has 2 aliphatic rings. The molecule has 8 nitrogen and oxygen atoms in total. The highest BCUT2D eigenvalue weighted by Gasteiger charge is 2.35. The van der Waals surface area contributed by atoms with E-state index in [1.165, 1.54) is 4.90 Å². The number of ether oxygens (including phenoxy) is 1. The molecule has 2 aliphatic heterocycles. The van der Waals surface area contributed by atoms with Gasteiger partial charge in [0.1, 0.15) is 11.9 Å². The van der Waals surface area contributed by atoms with E-state index in [1.807, 2.05) is 0 Å². The van der Waals surface area contributed by atoms with Crippen molar-refractivity contribution in [3.05, 3.63) is 18.1 Å². The molecule has 3 heterocycles. The van der Waals surface area contributed by atoms with Crippen molar-refractivity contribution in [3.63, 3.8) is 0 Å². The lowest BCUT2D eigenvalue weighted by Gasteiger charge is -2.21. The SMILES string of the molecule is Cc1nccc(OC2CCN(C(=O)N3CCNC3=O)C2)n1. The van der Waals surface area contributed by atoms with Gasteiger partial charge in [0.15, 0.2) is 0 Å². The molecule has 1 unspecified atom stereocenters. The van der Waals surface area contributed by atoms with Crippen LogP contribution in [0.5, 0.6) is 5.88 Å². The van der Waals surface area contributed by atoms with Gasteiger partial charge in [-0.1, -0.05) is 0 Å². The van der Waals surface area contributed by atoms with E-state index in [2.05, 4.69) is 15.3 Å². The van der Waals surface area contributed by atoms with Crippen molar-refractivity contribution in [2.75, 3.05) is 26.2 Å². The van der Waals surface area contributed by atoms with Gasteiger partial charge in [-0.2, -0.15) is 4.98 Å². The maximum Gasteiger partial charge on any atom is 0.328 e. The number of rotatable bonds is 2. The van der Waals surface area contributed by atoms with Crippen LogP contribution in [0.1, 0.15) is 12.2 Å². The van der Waals surface area contributed by atoms with Crippen molar-refractivity contribution in [3.8, 4) is 5.88 Å². The third-order valence-electron chi connectivity index (χ3n) is 3.54. The molecular weight excluding hydrogens is 274 g/mol. The van der Waals surface area contributed by atoms with Gasteiger partial charge in [-0.25, -0.2) is 19.5 Å². The molecule has 21 heavy (non-hydrogen) atoms. The zero-order valence-electron chi connectivity index (χ0n) is 11.8. The second kappa shape index (κ2) is 5.55. The summed E-state index contributed by atoms with van der Waals surface area (Å²) in [5.41, 5.74) is 0.